The van der Waals surface area contributed by atoms with E-state index in [2.05, 4.69) is 5.32 Å². The monoisotopic (exact) mass is 284 g/mol. The number of hydrogen-bond acceptors (Lipinski definition) is 4. The third kappa shape index (κ3) is 2.53. The molecule has 3 rings (SSSR count). The van der Waals surface area contributed by atoms with Crippen LogP contribution in [0.15, 0.2) is 4.99 Å². The van der Waals surface area contributed by atoms with Crippen molar-refractivity contribution in [1.82, 2.24) is 9.62 Å². The van der Waals surface area contributed by atoms with Crippen molar-refractivity contribution >= 4 is 24.0 Å². The first-order valence-corrected chi connectivity index (χ1v) is 8.01. The second-order valence-electron chi connectivity index (χ2n) is 5.84. The zero-order valence-corrected chi connectivity index (χ0v) is 12.0. The summed E-state index contributed by atoms with van der Waals surface area (Å²) in [4.78, 5) is 17.1. The van der Waals surface area contributed by atoms with E-state index >= 15 is 0 Å². The predicted molar refractivity (Wildman–Crippen MR) is 76.9 cm³/mol. The molecule has 6 heteroatoms. The number of amidine groups is 1. The number of hydrogen-bond donors (Lipinski definition) is 1. The van der Waals surface area contributed by atoms with Gasteiger partial charge in [0.05, 0.1) is 0 Å². The molecule has 0 aromatic carbocycles. The van der Waals surface area contributed by atoms with Gasteiger partial charge in [0.25, 0.3) is 18.1 Å². The van der Waals surface area contributed by atoms with E-state index in [1.807, 2.05) is 4.31 Å². The SMILES string of the molecule is O=C1NC(C2CCCCC2)=NC12CCN(S[OH2+])CC2. The highest BCUT2D eigenvalue weighted by Crippen LogP contribution is 2.34. The Morgan fingerprint density at radius 3 is 2.58 bits per heavy atom. The molecule has 0 unspecified atom stereocenters. The van der Waals surface area contributed by atoms with Crippen molar-refractivity contribution in [2.24, 2.45) is 10.9 Å². The lowest BCUT2D eigenvalue weighted by atomic mass is 9.88. The molecule has 1 aliphatic carbocycles. The minimum atomic E-state index is -0.515. The summed E-state index contributed by atoms with van der Waals surface area (Å²) in [6.07, 6.45) is 7.68. The average molecular weight is 284 g/mol. The molecule has 2 aliphatic heterocycles. The summed E-state index contributed by atoms with van der Waals surface area (Å²) in [5.41, 5.74) is -0.515. The van der Waals surface area contributed by atoms with Gasteiger partial charge in [0, 0.05) is 19.0 Å². The average Bonchev–Trinajstić information content (AvgIpc) is 2.78. The summed E-state index contributed by atoms with van der Waals surface area (Å²) in [5, 5.41) is 3.06. The van der Waals surface area contributed by atoms with Crippen LogP contribution in [-0.2, 0) is 4.79 Å². The second-order valence-corrected chi connectivity index (χ2v) is 6.54. The Balaban J connectivity index is 1.72. The van der Waals surface area contributed by atoms with E-state index < -0.39 is 5.54 Å². The van der Waals surface area contributed by atoms with Gasteiger partial charge in [0.15, 0.2) is 0 Å². The predicted octanol–water partition coefficient (Wildman–Crippen LogP) is 1.22. The van der Waals surface area contributed by atoms with Crippen molar-refractivity contribution in [2.45, 2.75) is 50.5 Å². The van der Waals surface area contributed by atoms with E-state index in [0.717, 1.165) is 44.0 Å². The number of nitrogens with zero attached hydrogens (tertiary/aromatic N) is 2. The van der Waals surface area contributed by atoms with Gasteiger partial charge in [-0.1, -0.05) is 19.3 Å². The largest absolute Gasteiger partial charge is 0.358 e. The van der Waals surface area contributed by atoms with E-state index in [9.17, 15) is 4.79 Å². The number of amides is 1. The molecule has 1 amide bonds. The number of rotatable bonds is 2. The van der Waals surface area contributed by atoms with Gasteiger partial charge in [0.1, 0.15) is 11.4 Å². The lowest BCUT2D eigenvalue weighted by Crippen LogP contribution is -2.47. The normalized spacial score (nSPS) is 28.5. The highest BCUT2D eigenvalue weighted by Gasteiger charge is 2.47. The number of carbonyl (C=O) groups is 1. The van der Waals surface area contributed by atoms with Crippen LogP contribution in [0.5, 0.6) is 0 Å². The van der Waals surface area contributed by atoms with Crippen LogP contribution in [-0.4, -0.2) is 39.2 Å². The Morgan fingerprint density at radius 1 is 1.26 bits per heavy atom. The molecule has 5 nitrogen and oxygen atoms in total. The van der Waals surface area contributed by atoms with Crippen molar-refractivity contribution < 1.29 is 9.35 Å². The van der Waals surface area contributed by atoms with Crippen molar-refractivity contribution in [3.63, 3.8) is 0 Å². The summed E-state index contributed by atoms with van der Waals surface area (Å²) in [7, 11) is 0. The maximum Gasteiger partial charge on any atom is 0.285 e. The van der Waals surface area contributed by atoms with Crippen LogP contribution >= 0.6 is 12.2 Å². The van der Waals surface area contributed by atoms with Crippen LogP contribution in [0.1, 0.15) is 44.9 Å². The van der Waals surface area contributed by atoms with Crippen LogP contribution in [0.2, 0.25) is 0 Å². The molecule has 0 radical (unpaired) electrons. The summed E-state index contributed by atoms with van der Waals surface area (Å²) in [6.45, 7) is 1.56. The topological polar surface area (TPSA) is 67.6 Å². The summed E-state index contributed by atoms with van der Waals surface area (Å²) >= 11 is 1.02. The standard InChI is InChI=1S/C13H21N3O2S/c17-12-13(6-8-16(19-18)9-7-13)15-11(14-12)10-4-2-1-3-5-10/h10,18H,1-9H2,(H,14,15,17)/p+1. The minimum absolute atomic E-state index is 0.0997. The van der Waals surface area contributed by atoms with Crippen molar-refractivity contribution in [3.05, 3.63) is 0 Å². The van der Waals surface area contributed by atoms with E-state index in [0.29, 0.717) is 5.92 Å². The molecular weight excluding hydrogens is 262 g/mol. The number of piperidine rings is 1. The number of aliphatic imine (C=N–C) groups is 1. The van der Waals surface area contributed by atoms with E-state index in [1.165, 1.54) is 32.1 Å². The van der Waals surface area contributed by atoms with Crippen LogP contribution in [0.3, 0.4) is 0 Å². The number of carbonyl (C=O) groups excluding carboxylic acids is 1. The van der Waals surface area contributed by atoms with Gasteiger partial charge in [-0.25, -0.2) is 0 Å². The van der Waals surface area contributed by atoms with Gasteiger partial charge >= 0.3 is 0 Å². The molecular formula is C13H22N3O2S+. The van der Waals surface area contributed by atoms with Gasteiger partial charge < -0.3 is 9.87 Å². The van der Waals surface area contributed by atoms with Gasteiger partial charge in [-0.05, 0) is 25.7 Å². The van der Waals surface area contributed by atoms with Gasteiger partial charge in [-0.2, -0.15) is 4.31 Å². The van der Waals surface area contributed by atoms with Crippen LogP contribution < -0.4 is 5.32 Å². The fourth-order valence-electron chi connectivity index (χ4n) is 3.40. The van der Waals surface area contributed by atoms with Gasteiger partial charge in [-0.3, -0.25) is 9.79 Å². The Labute approximate surface area is 118 Å². The molecule has 0 aromatic heterocycles. The van der Waals surface area contributed by atoms with Crippen molar-refractivity contribution in [3.8, 4) is 0 Å². The van der Waals surface area contributed by atoms with Crippen LogP contribution in [0.4, 0.5) is 0 Å². The lowest BCUT2D eigenvalue weighted by Gasteiger charge is -2.31. The maximum atomic E-state index is 12.3. The Kier molecular flexibility index (Phi) is 3.82. The van der Waals surface area contributed by atoms with Crippen LogP contribution in [0, 0.1) is 5.92 Å². The Hall–Kier alpha value is -0.590. The first-order chi connectivity index (χ1) is 9.23. The minimum Gasteiger partial charge on any atom is -0.358 e. The summed E-state index contributed by atoms with van der Waals surface area (Å²) < 4.78 is 9.31. The third-order valence-corrected chi connectivity index (χ3v) is 5.29. The molecule has 3 aliphatic rings. The molecule has 19 heavy (non-hydrogen) atoms. The quantitative estimate of drug-likeness (QED) is 0.471. The second kappa shape index (κ2) is 5.42. The molecule has 0 atom stereocenters. The molecule has 2 fully saturated rings. The smallest absolute Gasteiger partial charge is 0.285 e. The van der Waals surface area contributed by atoms with E-state index in [4.69, 9.17) is 9.55 Å². The van der Waals surface area contributed by atoms with Gasteiger partial charge in [0.2, 0.25) is 0 Å². The molecule has 0 bridgehead atoms. The Bertz CT molecular complexity index is 385. The Morgan fingerprint density at radius 2 is 1.95 bits per heavy atom. The highest BCUT2D eigenvalue weighted by molar-refractivity contribution is 7.91. The first kappa shape index (κ1) is 13.4. The van der Waals surface area contributed by atoms with Gasteiger partial charge in [-0.15, -0.1) is 0 Å². The van der Waals surface area contributed by atoms with E-state index in [-0.39, 0.29) is 5.91 Å². The zero-order chi connectivity index (χ0) is 13.3. The zero-order valence-electron chi connectivity index (χ0n) is 11.2. The molecule has 1 saturated carbocycles. The molecule has 106 valence electrons. The molecule has 3 N–H and O–H groups in total. The van der Waals surface area contributed by atoms with Crippen LogP contribution in [0.25, 0.3) is 0 Å². The third-order valence-electron chi connectivity index (χ3n) is 4.67. The maximum absolute atomic E-state index is 12.3. The molecule has 1 spiro atoms. The molecule has 2 heterocycles. The van der Waals surface area contributed by atoms with Crippen molar-refractivity contribution in [1.29, 1.82) is 0 Å². The number of nitrogens with one attached hydrogen (secondary N) is 1. The van der Waals surface area contributed by atoms with E-state index in [1.54, 1.807) is 0 Å². The summed E-state index contributed by atoms with van der Waals surface area (Å²) in [5.74, 6) is 1.53. The lowest BCUT2D eigenvalue weighted by molar-refractivity contribution is -0.124. The molecule has 1 saturated heterocycles. The first-order valence-electron chi connectivity index (χ1n) is 7.23. The van der Waals surface area contributed by atoms with Crippen molar-refractivity contribution in [2.75, 3.05) is 13.1 Å². The fourth-order valence-corrected chi connectivity index (χ4v) is 3.76. The summed E-state index contributed by atoms with van der Waals surface area (Å²) in [6, 6.07) is 0. The fraction of sp³-hybridized carbons (Fsp3) is 0.846. The molecule has 0 aromatic rings. The highest BCUT2D eigenvalue weighted by atomic mass is 32.2.